The minimum Gasteiger partial charge on any atom is -0.454 e. The first kappa shape index (κ1) is 13.7. The van der Waals surface area contributed by atoms with Crippen LogP contribution in [-0.4, -0.2) is 38.4 Å². The molecule has 20 heavy (non-hydrogen) atoms. The second-order valence-corrected chi connectivity index (χ2v) is 5.75. The monoisotopic (exact) mass is 276 g/mol. The first-order valence-electron chi connectivity index (χ1n) is 7.59. The van der Waals surface area contributed by atoms with Crippen LogP contribution in [0.25, 0.3) is 0 Å². The van der Waals surface area contributed by atoms with Crippen LogP contribution in [0.1, 0.15) is 31.4 Å². The lowest BCUT2D eigenvalue weighted by atomic mass is 10.1. The highest BCUT2D eigenvalue weighted by Gasteiger charge is 2.25. The smallest absolute Gasteiger partial charge is 0.231 e. The fourth-order valence-electron chi connectivity index (χ4n) is 2.75. The molecule has 4 nitrogen and oxygen atoms in total. The number of hydrogen-bond acceptors (Lipinski definition) is 4. The van der Waals surface area contributed by atoms with E-state index < -0.39 is 0 Å². The fourth-order valence-corrected chi connectivity index (χ4v) is 2.75. The van der Waals surface area contributed by atoms with Crippen molar-refractivity contribution in [2.45, 2.75) is 25.8 Å². The lowest BCUT2D eigenvalue weighted by Gasteiger charge is -2.26. The number of hydrogen-bond donors (Lipinski definition) is 1. The normalized spacial score (nSPS) is 18.6. The van der Waals surface area contributed by atoms with Gasteiger partial charge >= 0.3 is 0 Å². The second-order valence-electron chi connectivity index (χ2n) is 5.75. The number of ether oxygens (including phenoxy) is 2. The lowest BCUT2D eigenvalue weighted by Crippen LogP contribution is -2.35. The van der Waals surface area contributed by atoms with Gasteiger partial charge in [-0.2, -0.15) is 0 Å². The van der Waals surface area contributed by atoms with Gasteiger partial charge in [-0.1, -0.05) is 13.0 Å². The summed E-state index contributed by atoms with van der Waals surface area (Å²) in [4.78, 5) is 2.55. The molecule has 1 aromatic rings. The zero-order chi connectivity index (χ0) is 13.9. The van der Waals surface area contributed by atoms with Crippen LogP contribution in [0.2, 0.25) is 0 Å². The number of benzene rings is 1. The van der Waals surface area contributed by atoms with Crippen molar-refractivity contribution in [3.05, 3.63) is 23.8 Å². The van der Waals surface area contributed by atoms with Crippen LogP contribution >= 0.6 is 0 Å². The van der Waals surface area contributed by atoms with Crippen molar-refractivity contribution in [1.29, 1.82) is 0 Å². The van der Waals surface area contributed by atoms with Gasteiger partial charge in [-0.05, 0) is 50.0 Å². The molecule has 0 amide bonds. The molecule has 0 bridgehead atoms. The molecule has 3 rings (SSSR count). The summed E-state index contributed by atoms with van der Waals surface area (Å²) in [5.41, 5.74) is 1.27. The van der Waals surface area contributed by atoms with Gasteiger partial charge in [-0.15, -0.1) is 0 Å². The first-order valence-corrected chi connectivity index (χ1v) is 7.59. The summed E-state index contributed by atoms with van der Waals surface area (Å²) in [5.74, 6) is 2.66. The summed E-state index contributed by atoms with van der Waals surface area (Å²) < 4.78 is 10.9. The Labute approximate surface area is 121 Å². The van der Waals surface area contributed by atoms with Crippen LogP contribution in [0.5, 0.6) is 11.5 Å². The van der Waals surface area contributed by atoms with Crippen molar-refractivity contribution < 1.29 is 9.47 Å². The molecule has 110 valence electrons. The predicted molar refractivity (Wildman–Crippen MR) is 79.2 cm³/mol. The van der Waals surface area contributed by atoms with Crippen molar-refractivity contribution in [3.8, 4) is 11.5 Å². The van der Waals surface area contributed by atoms with E-state index in [2.05, 4.69) is 29.3 Å². The van der Waals surface area contributed by atoms with E-state index in [9.17, 15) is 0 Å². The molecule has 1 aliphatic heterocycles. The highest BCUT2D eigenvalue weighted by atomic mass is 16.7. The summed E-state index contributed by atoms with van der Waals surface area (Å²) in [7, 11) is 2.03. The van der Waals surface area contributed by atoms with Crippen LogP contribution < -0.4 is 14.8 Å². The van der Waals surface area contributed by atoms with Gasteiger partial charge in [0.1, 0.15) is 0 Å². The van der Waals surface area contributed by atoms with Gasteiger partial charge in [0, 0.05) is 19.1 Å². The Morgan fingerprint density at radius 2 is 2.10 bits per heavy atom. The maximum Gasteiger partial charge on any atom is 0.231 e. The molecule has 0 spiro atoms. The largest absolute Gasteiger partial charge is 0.454 e. The number of nitrogens with one attached hydrogen (secondary N) is 1. The second kappa shape index (κ2) is 6.02. The molecule has 4 heteroatoms. The first-order chi connectivity index (χ1) is 9.80. The van der Waals surface area contributed by atoms with Gasteiger partial charge in [0.25, 0.3) is 0 Å². The molecule has 1 atom stereocenters. The summed E-state index contributed by atoms with van der Waals surface area (Å²) >= 11 is 0. The molecule has 0 radical (unpaired) electrons. The standard InChI is InChI=1S/C16H24N2O2/c1-3-18(9-12-4-5-12)10-14(17-2)13-6-7-15-16(8-13)20-11-19-15/h6-8,12,14,17H,3-5,9-11H2,1-2H3. The van der Waals surface area contributed by atoms with E-state index in [1.54, 1.807) is 0 Å². The average Bonchev–Trinajstić information content (AvgIpc) is 3.17. The maximum atomic E-state index is 5.48. The van der Waals surface area contributed by atoms with Crippen molar-refractivity contribution in [2.75, 3.05) is 33.5 Å². The third-order valence-corrected chi connectivity index (χ3v) is 4.25. The van der Waals surface area contributed by atoms with Crippen LogP contribution in [0.3, 0.4) is 0 Å². The van der Waals surface area contributed by atoms with Crippen LogP contribution in [0.15, 0.2) is 18.2 Å². The fraction of sp³-hybridized carbons (Fsp3) is 0.625. The van der Waals surface area contributed by atoms with Crippen LogP contribution in [-0.2, 0) is 0 Å². The molecule has 0 saturated heterocycles. The number of rotatable bonds is 7. The van der Waals surface area contributed by atoms with Gasteiger partial charge in [0.05, 0.1) is 0 Å². The molecule has 1 fully saturated rings. The van der Waals surface area contributed by atoms with Gasteiger partial charge in [0.2, 0.25) is 6.79 Å². The Morgan fingerprint density at radius 3 is 2.80 bits per heavy atom. The topological polar surface area (TPSA) is 33.7 Å². The van der Waals surface area contributed by atoms with Gasteiger partial charge in [-0.25, -0.2) is 0 Å². The van der Waals surface area contributed by atoms with Crippen molar-refractivity contribution in [3.63, 3.8) is 0 Å². The molecule has 1 N–H and O–H groups in total. The van der Waals surface area contributed by atoms with Gasteiger partial charge in [0.15, 0.2) is 11.5 Å². The van der Waals surface area contributed by atoms with E-state index in [1.165, 1.54) is 24.9 Å². The molecule has 1 heterocycles. The van der Waals surface area contributed by atoms with E-state index in [4.69, 9.17) is 9.47 Å². The van der Waals surface area contributed by atoms with Crippen LogP contribution in [0.4, 0.5) is 0 Å². The van der Waals surface area contributed by atoms with E-state index in [-0.39, 0.29) is 0 Å². The molecule has 2 aliphatic rings. The van der Waals surface area contributed by atoms with Crippen molar-refractivity contribution in [2.24, 2.45) is 5.92 Å². The van der Waals surface area contributed by atoms with Gasteiger partial charge in [-0.3, -0.25) is 0 Å². The lowest BCUT2D eigenvalue weighted by molar-refractivity contribution is 0.174. The van der Waals surface area contributed by atoms with Crippen LogP contribution in [0, 0.1) is 5.92 Å². The predicted octanol–water partition coefficient (Wildman–Crippen LogP) is 2.41. The molecular formula is C16H24N2O2. The van der Waals surface area contributed by atoms with E-state index in [1.807, 2.05) is 13.1 Å². The third-order valence-electron chi connectivity index (χ3n) is 4.25. The molecule has 1 saturated carbocycles. The Bertz CT molecular complexity index is 460. The zero-order valence-electron chi connectivity index (χ0n) is 12.4. The quantitative estimate of drug-likeness (QED) is 0.829. The van der Waals surface area contributed by atoms with Gasteiger partial charge < -0.3 is 19.7 Å². The SMILES string of the molecule is CCN(CC1CC1)CC(NC)c1ccc2c(c1)OCO2. The number of likely N-dealkylation sites (N-methyl/N-ethyl adjacent to an activating group) is 2. The minimum absolute atomic E-state index is 0.336. The average molecular weight is 276 g/mol. The number of nitrogens with zero attached hydrogens (tertiary/aromatic N) is 1. The molecule has 1 unspecified atom stereocenters. The Balaban J connectivity index is 1.68. The number of fused-ring (bicyclic) bond motifs is 1. The van der Waals surface area contributed by atoms with E-state index >= 15 is 0 Å². The Hall–Kier alpha value is -1.26. The summed E-state index contributed by atoms with van der Waals surface area (Å²) in [6.45, 7) is 5.97. The maximum absolute atomic E-state index is 5.48. The summed E-state index contributed by atoms with van der Waals surface area (Å²) in [6, 6.07) is 6.59. The van der Waals surface area contributed by atoms with E-state index in [0.29, 0.717) is 12.8 Å². The summed E-state index contributed by atoms with van der Waals surface area (Å²) in [5, 5.41) is 3.43. The minimum atomic E-state index is 0.336. The van der Waals surface area contributed by atoms with Crippen molar-refractivity contribution >= 4 is 0 Å². The Kier molecular flexibility index (Phi) is 4.13. The third kappa shape index (κ3) is 3.07. The van der Waals surface area contributed by atoms with E-state index in [0.717, 1.165) is 30.5 Å². The molecule has 0 aromatic heterocycles. The Morgan fingerprint density at radius 1 is 1.30 bits per heavy atom. The highest BCUT2D eigenvalue weighted by Crippen LogP contribution is 2.35. The summed E-state index contributed by atoms with van der Waals surface area (Å²) in [6.07, 6.45) is 2.81. The van der Waals surface area contributed by atoms with Crippen molar-refractivity contribution in [1.82, 2.24) is 10.2 Å². The highest BCUT2D eigenvalue weighted by molar-refractivity contribution is 5.45. The molecule has 1 aliphatic carbocycles. The molecular weight excluding hydrogens is 252 g/mol. The molecule has 1 aromatic carbocycles. The zero-order valence-corrected chi connectivity index (χ0v) is 12.4.